The van der Waals surface area contributed by atoms with Crippen LogP contribution in [0.25, 0.3) is 11.1 Å². The topological polar surface area (TPSA) is 119 Å². The quantitative estimate of drug-likeness (QED) is 0.537. The molecule has 1 amide bonds. The summed E-state index contributed by atoms with van der Waals surface area (Å²) in [6.07, 6.45) is 1.88. The summed E-state index contributed by atoms with van der Waals surface area (Å²) in [4.78, 5) is 20.1. The van der Waals surface area contributed by atoms with Crippen molar-refractivity contribution < 1.29 is 4.79 Å². The van der Waals surface area contributed by atoms with Crippen molar-refractivity contribution >= 4 is 17.7 Å². The number of aryl methyl sites for hydroxylation is 2. The minimum absolute atomic E-state index is 0.0370. The van der Waals surface area contributed by atoms with Gasteiger partial charge in [0.15, 0.2) is 0 Å². The van der Waals surface area contributed by atoms with Gasteiger partial charge in [-0.05, 0) is 32.4 Å². The van der Waals surface area contributed by atoms with Crippen LogP contribution < -0.4 is 22.1 Å². The summed E-state index contributed by atoms with van der Waals surface area (Å²) >= 11 is 0. The van der Waals surface area contributed by atoms with Crippen LogP contribution in [0, 0.1) is 6.92 Å². The SMILES string of the molecule is CNCCC(=O)NCCCc1nc(N)nc(N)c1-c1cccc(C)c1. The van der Waals surface area contributed by atoms with E-state index in [1.54, 1.807) is 0 Å². The Kier molecular flexibility index (Phi) is 6.71. The predicted octanol–water partition coefficient (Wildman–Crippen LogP) is 1.27. The van der Waals surface area contributed by atoms with Gasteiger partial charge >= 0.3 is 0 Å². The second kappa shape index (κ2) is 8.98. The molecule has 6 N–H and O–H groups in total. The molecule has 7 nitrogen and oxygen atoms in total. The number of nitrogens with zero attached hydrogens (tertiary/aromatic N) is 2. The fourth-order valence-corrected chi connectivity index (χ4v) is 2.65. The number of hydrogen-bond acceptors (Lipinski definition) is 6. The average Bonchev–Trinajstić information content (AvgIpc) is 2.56. The summed E-state index contributed by atoms with van der Waals surface area (Å²) in [5.41, 5.74) is 15.6. The first kappa shape index (κ1) is 18.7. The highest BCUT2D eigenvalue weighted by atomic mass is 16.1. The number of hydrogen-bond donors (Lipinski definition) is 4. The van der Waals surface area contributed by atoms with E-state index in [0.717, 1.165) is 28.8 Å². The first-order valence-electron chi connectivity index (χ1n) is 8.41. The van der Waals surface area contributed by atoms with Crippen molar-refractivity contribution in [1.82, 2.24) is 20.6 Å². The monoisotopic (exact) mass is 342 g/mol. The average molecular weight is 342 g/mol. The van der Waals surface area contributed by atoms with Gasteiger partial charge in [0.1, 0.15) is 5.82 Å². The maximum absolute atomic E-state index is 11.6. The number of anilines is 2. The molecule has 0 saturated carbocycles. The summed E-state index contributed by atoms with van der Waals surface area (Å²) in [6.45, 7) is 3.28. The minimum Gasteiger partial charge on any atom is -0.383 e. The van der Waals surface area contributed by atoms with E-state index in [4.69, 9.17) is 11.5 Å². The smallest absolute Gasteiger partial charge is 0.222 e. The normalized spacial score (nSPS) is 10.6. The molecule has 0 saturated heterocycles. The second-order valence-electron chi connectivity index (χ2n) is 5.97. The summed E-state index contributed by atoms with van der Waals surface area (Å²) in [5.74, 6) is 0.586. The molecule has 134 valence electrons. The van der Waals surface area contributed by atoms with Gasteiger partial charge in [-0.1, -0.05) is 29.8 Å². The lowest BCUT2D eigenvalue weighted by atomic mass is 10.00. The van der Waals surface area contributed by atoms with E-state index >= 15 is 0 Å². The molecule has 0 atom stereocenters. The number of nitrogen functional groups attached to an aromatic ring is 2. The molecule has 1 aromatic carbocycles. The van der Waals surface area contributed by atoms with E-state index in [9.17, 15) is 4.79 Å². The van der Waals surface area contributed by atoms with E-state index in [2.05, 4.69) is 20.6 Å². The molecular weight excluding hydrogens is 316 g/mol. The van der Waals surface area contributed by atoms with Gasteiger partial charge in [0.2, 0.25) is 11.9 Å². The van der Waals surface area contributed by atoms with E-state index in [1.807, 2.05) is 38.2 Å². The zero-order valence-corrected chi connectivity index (χ0v) is 14.8. The zero-order valence-electron chi connectivity index (χ0n) is 14.8. The molecule has 2 rings (SSSR count). The van der Waals surface area contributed by atoms with Crippen LogP contribution >= 0.6 is 0 Å². The fourth-order valence-electron chi connectivity index (χ4n) is 2.65. The summed E-state index contributed by atoms with van der Waals surface area (Å²) in [7, 11) is 1.82. The summed E-state index contributed by atoms with van der Waals surface area (Å²) < 4.78 is 0. The molecule has 2 aromatic rings. The van der Waals surface area contributed by atoms with Crippen molar-refractivity contribution in [3.63, 3.8) is 0 Å². The Morgan fingerprint density at radius 3 is 2.72 bits per heavy atom. The summed E-state index contributed by atoms with van der Waals surface area (Å²) in [6, 6.07) is 8.04. The van der Waals surface area contributed by atoms with Crippen molar-refractivity contribution in [2.45, 2.75) is 26.2 Å². The van der Waals surface area contributed by atoms with Gasteiger partial charge in [-0.2, -0.15) is 4.98 Å². The largest absolute Gasteiger partial charge is 0.383 e. The van der Waals surface area contributed by atoms with Crippen LogP contribution in [-0.4, -0.2) is 36.0 Å². The highest BCUT2D eigenvalue weighted by Gasteiger charge is 2.13. The lowest BCUT2D eigenvalue weighted by Gasteiger charge is -2.13. The molecule has 0 fully saturated rings. The number of nitrogens with two attached hydrogens (primary N) is 2. The predicted molar refractivity (Wildman–Crippen MR) is 101 cm³/mol. The Balaban J connectivity index is 2.08. The third-order valence-electron chi connectivity index (χ3n) is 3.85. The van der Waals surface area contributed by atoms with Gasteiger partial charge in [0.05, 0.1) is 5.69 Å². The van der Waals surface area contributed by atoms with Crippen LogP contribution in [0.15, 0.2) is 24.3 Å². The number of benzene rings is 1. The zero-order chi connectivity index (χ0) is 18.2. The van der Waals surface area contributed by atoms with E-state index in [0.29, 0.717) is 31.7 Å². The van der Waals surface area contributed by atoms with E-state index in [-0.39, 0.29) is 11.9 Å². The van der Waals surface area contributed by atoms with E-state index in [1.165, 1.54) is 0 Å². The molecular formula is C18H26N6O. The lowest BCUT2D eigenvalue weighted by Crippen LogP contribution is -2.27. The van der Waals surface area contributed by atoms with Crippen molar-refractivity contribution in [3.05, 3.63) is 35.5 Å². The minimum atomic E-state index is 0.0370. The molecule has 1 aromatic heterocycles. The molecule has 25 heavy (non-hydrogen) atoms. The Bertz CT molecular complexity index is 732. The number of carbonyl (C=O) groups excluding carboxylic acids is 1. The van der Waals surface area contributed by atoms with Crippen LogP contribution in [-0.2, 0) is 11.2 Å². The van der Waals surface area contributed by atoms with E-state index < -0.39 is 0 Å². The number of rotatable bonds is 8. The Labute approximate surface area is 148 Å². The first-order chi connectivity index (χ1) is 12.0. The van der Waals surface area contributed by atoms with Crippen molar-refractivity contribution in [3.8, 4) is 11.1 Å². The third kappa shape index (κ3) is 5.42. The molecule has 0 aliphatic carbocycles. The van der Waals surface area contributed by atoms with Gasteiger partial charge in [-0.15, -0.1) is 0 Å². The number of amides is 1. The standard InChI is InChI=1S/C18H26N6O/c1-12-5-3-6-13(11-12)16-14(23-18(20)24-17(16)19)7-4-9-22-15(25)8-10-21-2/h3,5-6,11,21H,4,7-10H2,1-2H3,(H,22,25)(H4,19,20,23,24). The van der Waals surface area contributed by atoms with Crippen LogP contribution in [0.5, 0.6) is 0 Å². The number of nitrogens with one attached hydrogen (secondary N) is 2. The first-order valence-corrected chi connectivity index (χ1v) is 8.41. The Hall–Kier alpha value is -2.67. The van der Waals surface area contributed by atoms with Gasteiger partial charge in [-0.25, -0.2) is 4.98 Å². The fraction of sp³-hybridized carbons (Fsp3) is 0.389. The second-order valence-corrected chi connectivity index (χ2v) is 5.97. The molecule has 0 aliphatic rings. The molecule has 0 aliphatic heterocycles. The molecule has 1 heterocycles. The number of aromatic nitrogens is 2. The highest BCUT2D eigenvalue weighted by Crippen LogP contribution is 2.29. The maximum Gasteiger partial charge on any atom is 0.222 e. The number of carbonyl (C=O) groups is 1. The van der Waals surface area contributed by atoms with Gasteiger partial charge in [0, 0.05) is 25.1 Å². The van der Waals surface area contributed by atoms with Crippen LogP contribution in [0.2, 0.25) is 0 Å². The van der Waals surface area contributed by atoms with Gasteiger partial charge in [-0.3, -0.25) is 4.79 Å². The van der Waals surface area contributed by atoms with Crippen LogP contribution in [0.3, 0.4) is 0 Å². The molecule has 0 radical (unpaired) electrons. The lowest BCUT2D eigenvalue weighted by molar-refractivity contribution is -0.120. The Morgan fingerprint density at radius 2 is 2.00 bits per heavy atom. The summed E-state index contributed by atoms with van der Waals surface area (Å²) in [5, 5.41) is 5.85. The van der Waals surface area contributed by atoms with Crippen molar-refractivity contribution in [1.29, 1.82) is 0 Å². The molecule has 0 unspecified atom stereocenters. The maximum atomic E-state index is 11.6. The third-order valence-corrected chi connectivity index (χ3v) is 3.85. The van der Waals surface area contributed by atoms with Crippen LogP contribution in [0.4, 0.5) is 11.8 Å². The van der Waals surface area contributed by atoms with Crippen molar-refractivity contribution in [2.24, 2.45) is 0 Å². The van der Waals surface area contributed by atoms with Gasteiger partial charge in [0.25, 0.3) is 0 Å². The molecule has 7 heteroatoms. The molecule has 0 spiro atoms. The van der Waals surface area contributed by atoms with Crippen LogP contribution in [0.1, 0.15) is 24.1 Å². The van der Waals surface area contributed by atoms with Crippen molar-refractivity contribution in [2.75, 3.05) is 31.6 Å². The highest BCUT2D eigenvalue weighted by molar-refractivity contribution is 5.77. The van der Waals surface area contributed by atoms with Gasteiger partial charge < -0.3 is 22.1 Å². The Morgan fingerprint density at radius 1 is 1.20 bits per heavy atom. The molecule has 0 bridgehead atoms.